The van der Waals surface area contributed by atoms with E-state index < -0.39 is 0 Å². The number of nitrogens with zero attached hydrogens (tertiary/aromatic N) is 2. The van der Waals surface area contributed by atoms with Crippen LogP contribution in [0.4, 0.5) is 10.1 Å². The molecule has 2 aromatic rings. The van der Waals surface area contributed by atoms with Crippen LogP contribution in [0.3, 0.4) is 0 Å². The Morgan fingerprint density at radius 1 is 1.16 bits per heavy atom. The number of ether oxygens (including phenoxy) is 1. The molecule has 0 atom stereocenters. The van der Waals surface area contributed by atoms with E-state index in [2.05, 4.69) is 0 Å². The summed E-state index contributed by atoms with van der Waals surface area (Å²) < 4.78 is 20.9. The van der Waals surface area contributed by atoms with Gasteiger partial charge in [0.25, 0.3) is 6.73 Å². The van der Waals surface area contributed by atoms with Crippen LogP contribution in [0.5, 0.6) is 5.75 Å². The zero-order valence-electron chi connectivity index (χ0n) is 11.4. The molecule has 0 fully saturated rings. The van der Waals surface area contributed by atoms with Gasteiger partial charge in [0.15, 0.2) is 24.0 Å². The van der Waals surface area contributed by atoms with Crippen molar-refractivity contribution in [3.8, 4) is 5.75 Å². The lowest BCUT2D eigenvalue weighted by Gasteiger charge is -2.10. The van der Waals surface area contributed by atoms with Crippen LogP contribution in [0, 0.1) is 12.7 Å². The van der Waals surface area contributed by atoms with Gasteiger partial charge in [0.05, 0.1) is 0 Å². The van der Waals surface area contributed by atoms with Crippen LogP contribution >= 0.6 is 0 Å². The fourth-order valence-electron chi connectivity index (χ4n) is 1.70. The molecule has 0 aliphatic carbocycles. The molecule has 0 radical (unpaired) electrons. The van der Waals surface area contributed by atoms with Gasteiger partial charge in [0.2, 0.25) is 0 Å². The molecule has 0 spiro atoms. The molecule has 0 saturated carbocycles. The van der Waals surface area contributed by atoms with E-state index in [1.54, 1.807) is 6.07 Å². The van der Waals surface area contributed by atoms with E-state index in [0.717, 1.165) is 11.3 Å². The molecule has 19 heavy (non-hydrogen) atoms. The van der Waals surface area contributed by atoms with Gasteiger partial charge < -0.3 is 9.64 Å². The molecule has 1 aromatic carbocycles. The zero-order valence-corrected chi connectivity index (χ0v) is 11.4. The average Bonchev–Trinajstić information content (AvgIpc) is 2.38. The lowest BCUT2D eigenvalue weighted by atomic mass is 10.2. The monoisotopic (exact) mass is 261 g/mol. The maximum atomic E-state index is 13.6. The summed E-state index contributed by atoms with van der Waals surface area (Å²) in [5.41, 5.74) is 1.99. The predicted molar refractivity (Wildman–Crippen MR) is 72.7 cm³/mol. The Morgan fingerprint density at radius 2 is 1.84 bits per heavy atom. The summed E-state index contributed by atoms with van der Waals surface area (Å²) in [7, 11) is 3.97. The summed E-state index contributed by atoms with van der Waals surface area (Å²) in [6.45, 7) is 2.13. The number of pyridine rings is 1. The van der Waals surface area contributed by atoms with Gasteiger partial charge in [-0.1, -0.05) is 6.07 Å². The Kier molecular flexibility index (Phi) is 4.00. The number of halogens is 1. The van der Waals surface area contributed by atoms with E-state index in [9.17, 15) is 4.39 Å². The molecule has 0 saturated heterocycles. The minimum atomic E-state index is -0.328. The fraction of sp³-hybridized carbons (Fsp3) is 0.267. The number of rotatable bonds is 4. The van der Waals surface area contributed by atoms with Crippen molar-refractivity contribution in [2.75, 3.05) is 19.0 Å². The number of aryl methyl sites for hydroxylation is 1. The summed E-state index contributed by atoms with van der Waals surface area (Å²) in [5, 5.41) is 0. The van der Waals surface area contributed by atoms with Crippen molar-refractivity contribution in [1.29, 1.82) is 0 Å². The third-order valence-corrected chi connectivity index (χ3v) is 2.85. The van der Waals surface area contributed by atoms with Gasteiger partial charge in [-0.05, 0) is 24.6 Å². The van der Waals surface area contributed by atoms with E-state index in [-0.39, 0.29) is 18.3 Å². The first kappa shape index (κ1) is 13.3. The number of anilines is 1. The van der Waals surface area contributed by atoms with Crippen LogP contribution in [-0.2, 0) is 6.73 Å². The topological polar surface area (TPSA) is 16.4 Å². The molecule has 0 bridgehead atoms. The lowest BCUT2D eigenvalue weighted by molar-refractivity contribution is -0.724. The molecule has 0 amide bonds. The Bertz CT molecular complexity index is 553. The number of hydrogen-bond donors (Lipinski definition) is 0. The normalized spacial score (nSPS) is 10.3. The van der Waals surface area contributed by atoms with E-state index in [1.807, 2.05) is 61.1 Å². The zero-order chi connectivity index (χ0) is 13.8. The van der Waals surface area contributed by atoms with Crippen molar-refractivity contribution in [3.05, 3.63) is 54.1 Å². The third-order valence-electron chi connectivity index (χ3n) is 2.85. The van der Waals surface area contributed by atoms with E-state index >= 15 is 0 Å². The molecular formula is C15H18FN2O+. The van der Waals surface area contributed by atoms with E-state index in [4.69, 9.17) is 4.74 Å². The summed E-state index contributed by atoms with van der Waals surface area (Å²) in [6.07, 6.45) is 3.81. The van der Waals surface area contributed by atoms with E-state index in [1.165, 1.54) is 6.07 Å². The van der Waals surface area contributed by atoms with Gasteiger partial charge >= 0.3 is 0 Å². The number of aromatic nitrogens is 1. The van der Waals surface area contributed by atoms with Crippen LogP contribution in [0.15, 0.2) is 42.7 Å². The first-order valence-corrected chi connectivity index (χ1v) is 6.11. The van der Waals surface area contributed by atoms with Crippen LogP contribution < -0.4 is 14.2 Å². The summed E-state index contributed by atoms with van der Waals surface area (Å²) in [5.74, 6) is -0.0553. The Hall–Kier alpha value is -2.10. The van der Waals surface area contributed by atoms with Gasteiger partial charge in [-0.2, -0.15) is 4.57 Å². The fourth-order valence-corrected chi connectivity index (χ4v) is 1.70. The molecule has 0 unspecified atom stereocenters. The van der Waals surface area contributed by atoms with Gasteiger partial charge in [-0.3, -0.25) is 0 Å². The lowest BCUT2D eigenvalue weighted by Crippen LogP contribution is -2.36. The molecule has 0 N–H and O–H groups in total. The second-order valence-electron chi connectivity index (χ2n) is 4.67. The molecule has 0 aliphatic heterocycles. The first-order valence-electron chi connectivity index (χ1n) is 6.11. The third kappa shape index (κ3) is 3.44. The van der Waals surface area contributed by atoms with Crippen molar-refractivity contribution in [1.82, 2.24) is 0 Å². The Labute approximate surface area is 112 Å². The highest BCUT2D eigenvalue weighted by Crippen LogP contribution is 2.17. The summed E-state index contributed by atoms with van der Waals surface area (Å²) in [6, 6.07) is 8.91. The molecule has 100 valence electrons. The predicted octanol–water partition coefficient (Wildman–Crippen LogP) is 2.52. The van der Waals surface area contributed by atoms with Crippen LogP contribution in [-0.4, -0.2) is 14.1 Å². The second-order valence-corrected chi connectivity index (χ2v) is 4.67. The number of benzene rings is 1. The van der Waals surface area contributed by atoms with Crippen molar-refractivity contribution in [2.45, 2.75) is 13.7 Å². The maximum Gasteiger partial charge on any atom is 0.292 e. The van der Waals surface area contributed by atoms with Gasteiger partial charge in [-0.25, -0.2) is 4.39 Å². The molecule has 1 heterocycles. The van der Waals surface area contributed by atoms with Gasteiger partial charge in [0, 0.05) is 31.9 Å². The highest BCUT2D eigenvalue weighted by Gasteiger charge is 2.07. The Balaban J connectivity index is 2.02. The van der Waals surface area contributed by atoms with Crippen molar-refractivity contribution < 1.29 is 13.7 Å². The van der Waals surface area contributed by atoms with Crippen LogP contribution in [0.25, 0.3) is 0 Å². The highest BCUT2D eigenvalue weighted by atomic mass is 19.1. The highest BCUT2D eigenvalue weighted by molar-refractivity contribution is 5.41. The molecule has 0 aliphatic rings. The van der Waals surface area contributed by atoms with E-state index in [0.29, 0.717) is 0 Å². The molecule has 4 heteroatoms. The van der Waals surface area contributed by atoms with Crippen molar-refractivity contribution >= 4 is 5.69 Å². The maximum absolute atomic E-state index is 13.6. The van der Waals surface area contributed by atoms with Crippen LogP contribution in [0.1, 0.15) is 5.56 Å². The summed E-state index contributed by atoms with van der Waals surface area (Å²) >= 11 is 0. The standard InChI is InChI=1S/C15H18FN2O/c1-12-4-5-15(14(16)10-12)19-11-18-8-6-13(7-9-18)17(2)3/h4-10H,11H2,1-3H3/q+1. The first-order chi connectivity index (χ1) is 9.06. The van der Waals surface area contributed by atoms with Crippen molar-refractivity contribution in [2.24, 2.45) is 0 Å². The van der Waals surface area contributed by atoms with Gasteiger partial charge in [-0.15, -0.1) is 0 Å². The quantitative estimate of drug-likeness (QED) is 0.786. The minimum Gasteiger partial charge on any atom is -0.433 e. The molecule has 1 aromatic heterocycles. The smallest absolute Gasteiger partial charge is 0.292 e. The summed E-state index contributed by atoms with van der Waals surface area (Å²) in [4.78, 5) is 2.02. The number of hydrogen-bond acceptors (Lipinski definition) is 2. The molecule has 3 nitrogen and oxygen atoms in total. The average molecular weight is 261 g/mol. The molecule has 2 rings (SSSR count). The van der Waals surface area contributed by atoms with Gasteiger partial charge in [0.1, 0.15) is 0 Å². The second kappa shape index (κ2) is 5.69. The van der Waals surface area contributed by atoms with Crippen molar-refractivity contribution in [3.63, 3.8) is 0 Å². The Morgan fingerprint density at radius 3 is 2.42 bits per heavy atom. The molecular weight excluding hydrogens is 243 g/mol. The SMILES string of the molecule is Cc1ccc(OC[n+]2ccc(N(C)C)cc2)c(F)c1. The van der Waals surface area contributed by atoms with Crippen LogP contribution in [0.2, 0.25) is 0 Å². The largest absolute Gasteiger partial charge is 0.433 e. The minimum absolute atomic E-state index is 0.273.